The van der Waals surface area contributed by atoms with Gasteiger partial charge in [-0.25, -0.2) is 0 Å². The van der Waals surface area contributed by atoms with E-state index in [1.54, 1.807) is 44.4 Å². The van der Waals surface area contributed by atoms with Crippen LogP contribution in [0.1, 0.15) is 31.4 Å². The van der Waals surface area contributed by atoms with Crippen molar-refractivity contribution in [3.8, 4) is 5.75 Å². The van der Waals surface area contributed by atoms with Gasteiger partial charge in [0.05, 0.1) is 18.5 Å². The Labute approximate surface area is 176 Å². The normalized spacial score (nSPS) is 11.4. The maximum absolute atomic E-state index is 13.1. The fourth-order valence-corrected chi connectivity index (χ4v) is 3.01. The van der Waals surface area contributed by atoms with Crippen molar-refractivity contribution in [1.29, 1.82) is 0 Å². The van der Waals surface area contributed by atoms with Crippen molar-refractivity contribution < 1.29 is 19.2 Å². The second kappa shape index (κ2) is 10.9. The first-order valence-electron chi connectivity index (χ1n) is 9.79. The molecule has 0 spiro atoms. The third kappa shape index (κ3) is 6.04. The molecule has 0 radical (unpaired) electrons. The Kier molecular flexibility index (Phi) is 8.34. The molecule has 30 heavy (non-hydrogen) atoms. The Bertz CT molecular complexity index is 883. The van der Waals surface area contributed by atoms with Crippen molar-refractivity contribution in [2.45, 2.75) is 39.3 Å². The molecule has 2 amide bonds. The summed E-state index contributed by atoms with van der Waals surface area (Å²) < 4.78 is 5.16. The molecule has 2 rings (SSSR count). The van der Waals surface area contributed by atoms with Gasteiger partial charge in [0.25, 0.3) is 5.69 Å². The van der Waals surface area contributed by atoms with Crippen molar-refractivity contribution in [2.75, 3.05) is 13.7 Å². The van der Waals surface area contributed by atoms with E-state index in [0.717, 1.165) is 12.0 Å². The molecular formula is C22H27N3O5. The first-order valence-corrected chi connectivity index (χ1v) is 9.79. The van der Waals surface area contributed by atoms with Gasteiger partial charge in [-0.1, -0.05) is 37.3 Å². The van der Waals surface area contributed by atoms with E-state index in [9.17, 15) is 19.7 Å². The molecule has 1 N–H and O–H groups in total. The summed E-state index contributed by atoms with van der Waals surface area (Å²) in [6.07, 6.45) is 0.611. The molecule has 0 aliphatic rings. The van der Waals surface area contributed by atoms with Gasteiger partial charge in [0.2, 0.25) is 11.8 Å². The number of methoxy groups -OCH3 is 1. The van der Waals surface area contributed by atoms with Gasteiger partial charge in [0.15, 0.2) is 0 Å². The van der Waals surface area contributed by atoms with Crippen LogP contribution in [0.5, 0.6) is 5.75 Å². The third-order valence-corrected chi connectivity index (χ3v) is 4.76. The second-order valence-corrected chi connectivity index (χ2v) is 6.90. The number of carbonyl (C=O) groups excluding carboxylic acids is 2. The fraction of sp³-hybridized carbons (Fsp3) is 0.364. The van der Waals surface area contributed by atoms with Crippen LogP contribution in [0.2, 0.25) is 0 Å². The summed E-state index contributed by atoms with van der Waals surface area (Å²) >= 11 is 0. The molecule has 0 aliphatic heterocycles. The number of benzene rings is 2. The molecule has 0 aliphatic carbocycles. The first kappa shape index (κ1) is 22.9. The minimum atomic E-state index is -0.728. The van der Waals surface area contributed by atoms with Gasteiger partial charge < -0.3 is 15.0 Å². The van der Waals surface area contributed by atoms with Gasteiger partial charge in [-0.05, 0) is 31.0 Å². The fourth-order valence-electron chi connectivity index (χ4n) is 3.01. The highest BCUT2D eigenvalue weighted by Crippen LogP contribution is 2.21. The van der Waals surface area contributed by atoms with E-state index in [0.29, 0.717) is 17.9 Å². The molecule has 0 bridgehead atoms. The number of nitro groups is 1. The van der Waals surface area contributed by atoms with E-state index < -0.39 is 11.0 Å². The Morgan fingerprint density at radius 2 is 1.83 bits per heavy atom. The maximum atomic E-state index is 13.1. The number of amides is 2. The molecule has 2 aromatic carbocycles. The zero-order valence-corrected chi connectivity index (χ0v) is 17.5. The molecular weight excluding hydrogens is 386 g/mol. The SMILES string of the molecule is CCCNC(=O)[C@@H](C)N(Cc1ccc(OC)cc1)C(=O)Cc1ccccc1[N+](=O)[O-]. The summed E-state index contributed by atoms with van der Waals surface area (Å²) in [7, 11) is 1.57. The van der Waals surface area contributed by atoms with Gasteiger partial charge in [-0.2, -0.15) is 0 Å². The summed E-state index contributed by atoms with van der Waals surface area (Å²) in [5.41, 5.74) is 1.02. The molecule has 0 saturated heterocycles. The summed E-state index contributed by atoms with van der Waals surface area (Å²) in [6.45, 7) is 4.31. The van der Waals surface area contributed by atoms with Crippen LogP contribution < -0.4 is 10.1 Å². The highest BCUT2D eigenvalue weighted by molar-refractivity contribution is 5.88. The van der Waals surface area contributed by atoms with E-state index >= 15 is 0 Å². The molecule has 160 valence electrons. The molecule has 0 heterocycles. The summed E-state index contributed by atoms with van der Waals surface area (Å²) in [6, 6.07) is 12.6. The van der Waals surface area contributed by atoms with Gasteiger partial charge in [-0.15, -0.1) is 0 Å². The predicted octanol–water partition coefficient (Wildman–Crippen LogP) is 3.09. The van der Waals surface area contributed by atoms with Crippen LogP contribution in [0.3, 0.4) is 0 Å². The second-order valence-electron chi connectivity index (χ2n) is 6.90. The van der Waals surface area contributed by atoms with E-state index in [4.69, 9.17) is 4.74 Å². The molecule has 1 atom stereocenters. The van der Waals surface area contributed by atoms with Gasteiger partial charge in [0.1, 0.15) is 11.8 Å². The van der Waals surface area contributed by atoms with Gasteiger partial charge in [-0.3, -0.25) is 19.7 Å². The number of nitrogens with zero attached hydrogens (tertiary/aromatic N) is 2. The lowest BCUT2D eigenvalue weighted by atomic mass is 10.1. The van der Waals surface area contributed by atoms with Crippen molar-refractivity contribution in [3.05, 3.63) is 69.8 Å². The molecule has 0 fully saturated rings. The molecule has 0 aromatic heterocycles. The minimum Gasteiger partial charge on any atom is -0.497 e. The standard InChI is InChI=1S/C22H27N3O5/c1-4-13-23-22(27)16(2)24(15-17-9-11-19(30-3)12-10-17)21(26)14-18-7-5-6-8-20(18)25(28)29/h5-12,16H,4,13-15H2,1-3H3,(H,23,27)/t16-/m1/s1. The number of hydrogen-bond acceptors (Lipinski definition) is 5. The number of carbonyl (C=O) groups is 2. The average Bonchev–Trinajstić information content (AvgIpc) is 2.75. The monoisotopic (exact) mass is 413 g/mol. The zero-order chi connectivity index (χ0) is 22.1. The predicted molar refractivity (Wildman–Crippen MR) is 113 cm³/mol. The number of ether oxygens (including phenoxy) is 1. The van der Waals surface area contributed by atoms with E-state index in [1.165, 1.54) is 11.0 Å². The summed E-state index contributed by atoms with van der Waals surface area (Å²) in [4.78, 5) is 37.9. The van der Waals surface area contributed by atoms with Crippen LogP contribution in [0.25, 0.3) is 0 Å². The lowest BCUT2D eigenvalue weighted by molar-refractivity contribution is -0.385. The first-order chi connectivity index (χ1) is 14.4. The van der Waals surface area contributed by atoms with E-state index in [1.807, 2.05) is 19.1 Å². The molecule has 8 heteroatoms. The smallest absolute Gasteiger partial charge is 0.273 e. The van der Waals surface area contributed by atoms with Crippen LogP contribution >= 0.6 is 0 Å². The maximum Gasteiger partial charge on any atom is 0.273 e. The van der Waals surface area contributed by atoms with Crippen LogP contribution in [-0.2, 0) is 22.6 Å². The molecule has 8 nitrogen and oxygen atoms in total. The highest BCUT2D eigenvalue weighted by Gasteiger charge is 2.27. The lowest BCUT2D eigenvalue weighted by Gasteiger charge is -2.29. The minimum absolute atomic E-state index is 0.113. The summed E-state index contributed by atoms with van der Waals surface area (Å²) in [5, 5.41) is 14.1. The Morgan fingerprint density at radius 3 is 2.43 bits per heavy atom. The van der Waals surface area contributed by atoms with E-state index in [-0.39, 0.29) is 30.5 Å². The largest absolute Gasteiger partial charge is 0.497 e. The molecule has 0 saturated carbocycles. The number of rotatable bonds is 10. The van der Waals surface area contributed by atoms with Crippen LogP contribution in [0.4, 0.5) is 5.69 Å². The van der Waals surface area contributed by atoms with Gasteiger partial charge in [0, 0.05) is 24.7 Å². The van der Waals surface area contributed by atoms with Crippen LogP contribution in [-0.4, -0.2) is 41.3 Å². The molecule has 2 aromatic rings. The molecule has 0 unspecified atom stereocenters. The van der Waals surface area contributed by atoms with Crippen molar-refractivity contribution in [3.63, 3.8) is 0 Å². The van der Waals surface area contributed by atoms with Crippen molar-refractivity contribution in [1.82, 2.24) is 10.2 Å². The van der Waals surface area contributed by atoms with E-state index in [2.05, 4.69) is 5.32 Å². The van der Waals surface area contributed by atoms with Crippen molar-refractivity contribution in [2.24, 2.45) is 0 Å². The lowest BCUT2D eigenvalue weighted by Crippen LogP contribution is -2.48. The Balaban J connectivity index is 2.28. The Morgan fingerprint density at radius 1 is 1.17 bits per heavy atom. The van der Waals surface area contributed by atoms with Crippen molar-refractivity contribution >= 4 is 17.5 Å². The zero-order valence-electron chi connectivity index (χ0n) is 17.5. The number of para-hydroxylation sites is 1. The van der Waals surface area contributed by atoms with Crippen LogP contribution in [0, 0.1) is 10.1 Å². The number of hydrogen-bond donors (Lipinski definition) is 1. The summed E-state index contributed by atoms with van der Waals surface area (Å²) in [5.74, 6) is 0.0609. The third-order valence-electron chi connectivity index (χ3n) is 4.76. The number of nitrogens with one attached hydrogen (secondary N) is 1. The average molecular weight is 413 g/mol. The van der Waals surface area contributed by atoms with Gasteiger partial charge >= 0.3 is 0 Å². The highest BCUT2D eigenvalue weighted by atomic mass is 16.6. The quantitative estimate of drug-likeness (QED) is 0.476. The number of nitro benzene ring substituents is 1. The van der Waals surface area contributed by atoms with Crippen LogP contribution in [0.15, 0.2) is 48.5 Å². The topological polar surface area (TPSA) is 102 Å². The Hall–Kier alpha value is -3.42.